The summed E-state index contributed by atoms with van der Waals surface area (Å²) in [6.45, 7) is 15.9. The van der Waals surface area contributed by atoms with Gasteiger partial charge in [-0.05, 0) is 30.4 Å². The Labute approximate surface area is 367 Å². The van der Waals surface area contributed by atoms with E-state index in [4.69, 9.17) is 28.1 Å². The van der Waals surface area contributed by atoms with E-state index in [1.54, 1.807) is 0 Å². The van der Waals surface area contributed by atoms with Gasteiger partial charge in [0.2, 0.25) is 35.4 Å². The van der Waals surface area contributed by atoms with Crippen LogP contribution < -0.4 is 21.7 Å². The van der Waals surface area contributed by atoms with Crippen LogP contribution in [0.3, 0.4) is 0 Å². The van der Waals surface area contributed by atoms with E-state index < -0.39 is 56.1 Å². The Bertz CT molecular complexity index is 2230. The lowest BCUT2D eigenvalue weighted by Gasteiger charge is -2.25. The molecule has 0 spiro atoms. The molecule has 4 aromatic heterocycles. The van der Waals surface area contributed by atoms with E-state index in [9.17, 15) is 24.3 Å². The van der Waals surface area contributed by atoms with Crippen LogP contribution in [0.1, 0.15) is 75.4 Å². The second kappa shape index (κ2) is 21.9. The van der Waals surface area contributed by atoms with Crippen molar-refractivity contribution in [2.24, 2.45) is 17.6 Å². The first kappa shape index (κ1) is 49.0. The molecule has 20 heteroatoms. The van der Waals surface area contributed by atoms with Gasteiger partial charge in [-0.2, -0.15) is 0 Å². The van der Waals surface area contributed by atoms with Gasteiger partial charge in [0.1, 0.15) is 43.2 Å². The summed E-state index contributed by atoms with van der Waals surface area (Å²) in [5.41, 5.74) is 7.34. The molecule has 0 saturated carbocycles. The lowest BCUT2D eigenvalue weighted by atomic mass is 9.96. The zero-order valence-corrected chi connectivity index (χ0v) is 38.0. The fourth-order valence-corrected chi connectivity index (χ4v) is 6.65. The lowest BCUT2D eigenvalue weighted by Crippen LogP contribution is -2.56. The number of nitrogens with zero attached hydrogens (tertiary/aromatic N) is 4. The van der Waals surface area contributed by atoms with Crippen LogP contribution in [-0.4, -0.2) is 87.6 Å². The normalized spacial score (nSPS) is 14.9. The molecule has 0 radical (unpaired) electrons. The highest BCUT2D eigenvalue weighted by atomic mass is 35.5. The van der Waals surface area contributed by atoms with Crippen molar-refractivity contribution in [3.05, 3.63) is 72.5 Å². The second-order valence-corrected chi connectivity index (χ2v) is 22.0. The Kier molecular flexibility index (Phi) is 17.3. The van der Waals surface area contributed by atoms with Crippen LogP contribution in [0.4, 0.5) is 0 Å². The van der Waals surface area contributed by atoms with E-state index in [1.165, 1.54) is 25.7 Å². The maximum absolute atomic E-state index is 13.5. The Morgan fingerprint density at radius 3 is 1.90 bits per heavy atom. The zero-order chi connectivity index (χ0) is 44.4. The summed E-state index contributed by atoms with van der Waals surface area (Å²) in [5.74, 6) is -2.24. The second-order valence-electron chi connectivity index (χ2n) is 16.4. The number of carbonyl (C=O) groups excluding carboxylic acids is 4. The maximum atomic E-state index is 13.5. The number of nitrogens with two attached hydrogens (primary N) is 1. The molecule has 7 atom stereocenters. The monoisotopic (exact) mass is 896 g/mol. The highest BCUT2D eigenvalue weighted by Gasteiger charge is 2.33. The molecule has 336 valence electrons. The summed E-state index contributed by atoms with van der Waals surface area (Å²) in [6, 6.07) is 6.09. The smallest absolute Gasteiger partial charge is 0.328 e. The van der Waals surface area contributed by atoms with E-state index >= 15 is 0 Å². The van der Waals surface area contributed by atoms with Crippen LogP contribution in [0, 0.1) is 11.8 Å². The molecular weight excluding hydrogens is 840 g/mol. The molecule has 5 aromatic rings. The Morgan fingerprint density at radius 1 is 0.758 bits per heavy atom. The number of hydrogen-bond donors (Lipinski definition) is 5. The SMILES string of the molecule is CC[C@H](C)[C@H](N)C(=O)N[C@H](c1nc(-c2nc(-c3nc(-c4nc(C(=O)N[C@H](C(=O)N[C@@H](Cc5ccccc5)C(=O)OCC[Si](C)(C)C)[C@H](C)O)co4)co3)co2)co1)[C@@H](C)CC.Cl. The molecule has 0 aliphatic rings. The largest absolute Gasteiger partial charge is 0.464 e. The average molecular weight is 898 g/mol. The van der Waals surface area contributed by atoms with Crippen molar-refractivity contribution in [3.63, 3.8) is 0 Å². The van der Waals surface area contributed by atoms with Crippen molar-refractivity contribution < 1.29 is 46.7 Å². The lowest BCUT2D eigenvalue weighted by molar-refractivity contribution is -0.147. The number of rotatable bonds is 21. The molecule has 3 amide bonds. The first-order valence-electron chi connectivity index (χ1n) is 20.4. The number of ether oxygens (including phenoxy) is 1. The summed E-state index contributed by atoms with van der Waals surface area (Å²) in [5, 5.41) is 18.7. The fourth-order valence-electron chi connectivity index (χ4n) is 5.93. The standard InChI is InChI=1S/C42H56N8O10Si.ClH/c1-9-23(3)32(43)36(53)49-33(24(4)10-2)41-48-31(22-60-41)40-47-30(21-59-40)39-46-29(20-58-39)38-45-28(19-57-38)35(52)50-34(25(5)51)37(54)44-27(18-26-14-12-11-13-15-26)42(55)56-16-17-61(6,7)8;/h11-15,19-25,27,32-34,51H,9-10,16-18,43H2,1-8H3,(H,44,54)(H,49,53)(H,50,52);1H/t23-,24-,25-,27-,32-,33-,34-;/m0./s1. The summed E-state index contributed by atoms with van der Waals surface area (Å²) in [7, 11) is -1.50. The van der Waals surface area contributed by atoms with Gasteiger partial charge in [-0.15, -0.1) is 12.4 Å². The molecular formula is C42H57ClN8O10Si. The summed E-state index contributed by atoms with van der Waals surface area (Å²) in [6.07, 6.45) is 5.27. The van der Waals surface area contributed by atoms with Crippen molar-refractivity contribution >= 4 is 44.2 Å². The maximum Gasteiger partial charge on any atom is 0.328 e. The number of amides is 3. The molecule has 4 heterocycles. The van der Waals surface area contributed by atoms with Crippen molar-refractivity contribution in [2.45, 2.75) is 110 Å². The van der Waals surface area contributed by atoms with Gasteiger partial charge >= 0.3 is 5.97 Å². The fraction of sp³-hybridized carbons (Fsp3) is 0.476. The third-order valence-corrected chi connectivity index (χ3v) is 12.0. The van der Waals surface area contributed by atoms with Crippen LogP contribution in [-0.2, 0) is 25.5 Å². The molecule has 62 heavy (non-hydrogen) atoms. The van der Waals surface area contributed by atoms with Crippen LogP contribution >= 0.6 is 12.4 Å². The van der Waals surface area contributed by atoms with Gasteiger partial charge in [0.15, 0.2) is 22.8 Å². The van der Waals surface area contributed by atoms with Crippen LogP contribution in [0.25, 0.3) is 34.8 Å². The molecule has 0 fully saturated rings. The van der Waals surface area contributed by atoms with Crippen LogP contribution in [0.2, 0.25) is 25.7 Å². The summed E-state index contributed by atoms with van der Waals surface area (Å²) in [4.78, 5) is 70.5. The molecule has 0 unspecified atom stereocenters. The Morgan fingerprint density at radius 2 is 1.32 bits per heavy atom. The van der Waals surface area contributed by atoms with Crippen molar-refractivity contribution in [3.8, 4) is 34.8 Å². The number of aromatic nitrogens is 4. The quantitative estimate of drug-likeness (QED) is 0.0435. The average Bonchev–Trinajstić information content (AvgIpc) is 4.07. The first-order valence-corrected chi connectivity index (χ1v) is 24.1. The van der Waals surface area contributed by atoms with E-state index in [1.807, 2.05) is 58.0 Å². The minimum absolute atomic E-state index is 0. The zero-order valence-electron chi connectivity index (χ0n) is 36.2. The number of esters is 1. The number of aliphatic hydroxyl groups is 1. The van der Waals surface area contributed by atoms with Gasteiger partial charge in [-0.1, -0.05) is 90.5 Å². The van der Waals surface area contributed by atoms with E-state index in [0.717, 1.165) is 30.7 Å². The Balaban J connectivity index is 0.00000845. The van der Waals surface area contributed by atoms with Crippen molar-refractivity contribution in [2.75, 3.05) is 6.61 Å². The van der Waals surface area contributed by atoms with Crippen molar-refractivity contribution in [1.82, 2.24) is 35.9 Å². The third-order valence-electron chi connectivity index (χ3n) is 10.3. The number of halogens is 1. The molecule has 0 aliphatic carbocycles. The molecule has 0 saturated heterocycles. The number of aliphatic hydroxyl groups excluding tert-OH is 1. The predicted molar refractivity (Wildman–Crippen MR) is 232 cm³/mol. The number of hydrogen-bond acceptors (Lipinski definition) is 15. The molecule has 6 N–H and O–H groups in total. The van der Waals surface area contributed by atoms with Gasteiger partial charge in [-0.3, -0.25) is 14.4 Å². The van der Waals surface area contributed by atoms with Crippen LogP contribution in [0.5, 0.6) is 0 Å². The molecule has 18 nitrogen and oxygen atoms in total. The highest BCUT2D eigenvalue weighted by molar-refractivity contribution is 6.76. The van der Waals surface area contributed by atoms with Crippen LogP contribution in [0.15, 0.2) is 73.1 Å². The van der Waals surface area contributed by atoms with E-state index in [-0.39, 0.29) is 89.5 Å². The minimum atomic E-state index is -1.50. The van der Waals surface area contributed by atoms with Gasteiger partial charge in [0.25, 0.3) is 5.91 Å². The first-order chi connectivity index (χ1) is 29.0. The topological polar surface area (TPSA) is 264 Å². The minimum Gasteiger partial charge on any atom is -0.464 e. The molecule has 0 aliphatic heterocycles. The van der Waals surface area contributed by atoms with Gasteiger partial charge in [0.05, 0.1) is 18.8 Å². The molecule has 5 rings (SSSR count). The van der Waals surface area contributed by atoms with Gasteiger partial charge < -0.3 is 49.2 Å². The van der Waals surface area contributed by atoms with Gasteiger partial charge in [-0.25, -0.2) is 24.7 Å². The summed E-state index contributed by atoms with van der Waals surface area (Å²) < 4.78 is 28.1. The number of carbonyl (C=O) groups is 4. The predicted octanol–water partition coefficient (Wildman–Crippen LogP) is 5.73. The van der Waals surface area contributed by atoms with Gasteiger partial charge in [0, 0.05) is 14.5 Å². The molecule has 1 aromatic carbocycles. The van der Waals surface area contributed by atoms with E-state index in [0.29, 0.717) is 0 Å². The number of benzene rings is 1. The summed E-state index contributed by atoms with van der Waals surface area (Å²) >= 11 is 0. The van der Waals surface area contributed by atoms with E-state index in [2.05, 4.69) is 55.5 Å². The number of nitrogens with one attached hydrogen (secondary N) is 3. The number of oxazole rings is 4. The highest BCUT2D eigenvalue weighted by Crippen LogP contribution is 2.30. The molecule has 0 bridgehead atoms. The Hall–Kier alpha value is -5.63. The van der Waals surface area contributed by atoms with Crippen molar-refractivity contribution in [1.29, 1.82) is 0 Å². The third kappa shape index (κ3) is 12.9.